The van der Waals surface area contributed by atoms with Gasteiger partial charge in [0.25, 0.3) is 0 Å². The lowest BCUT2D eigenvalue weighted by Gasteiger charge is -2.20. The summed E-state index contributed by atoms with van der Waals surface area (Å²) in [6.45, 7) is 3.46. The number of amides is 1. The quantitative estimate of drug-likeness (QED) is 0.625. The first-order valence-electron chi connectivity index (χ1n) is 7.73. The van der Waals surface area contributed by atoms with Gasteiger partial charge in [-0.1, -0.05) is 37.3 Å². The van der Waals surface area contributed by atoms with Crippen molar-refractivity contribution in [1.29, 1.82) is 0 Å². The lowest BCUT2D eigenvalue weighted by Crippen LogP contribution is -2.47. The fourth-order valence-corrected chi connectivity index (χ4v) is 2.10. The summed E-state index contributed by atoms with van der Waals surface area (Å²) >= 11 is 0. The Balaban J connectivity index is 2.44. The molecule has 0 fully saturated rings. The van der Waals surface area contributed by atoms with E-state index in [0.29, 0.717) is 0 Å². The van der Waals surface area contributed by atoms with Crippen molar-refractivity contribution < 1.29 is 29.0 Å². The Hall–Kier alpha value is -2.41. The summed E-state index contributed by atoms with van der Waals surface area (Å²) in [5.74, 6) is -2.84. The van der Waals surface area contributed by atoms with Crippen LogP contribution in [0.15, 0.2) is 30.3 Å². The molecule has 132 valence electrons. The summed E-state index contributed by atoms with van der Waals surface area (Å²) < 4.78 is 10.1. The molecule has 2 atom stereocenters. The van der Waals surface area contributed by atoms with E-state index in [1.54, 1.807) is 13.8 Å². The molecule has 1 aromatic carbocycles. The third-order valence-corrected chi connectivity index (χ3v) is 3.29. The third-order valence-electron chi connectivity index (χ3n) is 3.29. The molecule has 2 N–H and O–H groups in total. The smallest absolute Gasteiger partial charge is 0.326 e. The van der Waals surface area contributed by atoms with Gasteiger partial charge in [-0.05, 0) is 18.4 Å². The zero-order valence-corrected chi connectivity index (χ0v) is 13.9. The van der Waals surface area contributed by atoms with E-state index in [2.05, 4.69) is 5.32 Å². The number of carboxylic acid groups (broad SMARTS) is 1. The van der Waals surface area contributed by atoms with E-state index < -0.39 is 29.8 Å². The molecule has 0 saturated heterocycles. The number of hydrogen-bond acceptors (Lipinski definition) is 5. The predicted molar refractivity (Wildman–Crippen MR) is 86.1 cm³/mol. The van der Waals surface area contributed by atoms with Gasteiger partial charge in [0.2, 0.25) is 5.91 Å². The molecule has 0 heterocycles. The Morgan fingerprint density at radius 3 is 2.46 bits per heavy atom. The molecule has 0 aliphatic carbocycles. The van der Waals surface area contributed by atoms with E-state index in [1.807, 2.05) is 30.3 Å². The number of aliphatic carboxylic acids is 1. The van der Waals surface area contributed by atoms with Crippen LogP contribution in [0.4, 0.5) is 0 Å². The maximum atomic E-state index is 11.8. The minimum absolute atomic E-state index is 0.0873. The second kappa shape index (κ2) is 10.4. The highest BCUT2D eigenvalue weighted by Crippen LogP contribution is 2.10. The van der Waals surface area contributed by atoms with Crippen LogP contribution in [-0.2, 0) is 30.5 Å². The third kappa shape index (κ3) is 7.23. The van der Waals surface area contributed by atoms with E-state index in [0.717, 1.165) is 5.56 Å². The molecule has 0 saturated carbocycles. The summed E-state index contributed by atoms with van der Waals surface area (Å²) in [6, 6.07) is 8.13. The summed E-state index contributed by atoms with van der Waals surface area (Å²) in [4.78, 5) is 34.6. The fourth-order valence-electron chi connectivity index (χ4n) is 2.10. The monoisotopic (exact) mass is 337 g/mol. The van der Waals surface area contributed by atoms with Crippen LogP contribution in [0.1, 0.15) is 25.8 Å². The zero-order chi connectivity index (χ0) is 17.9. The minimum atomic E-state index is -1.21. The van der Waals surface area contributed by atoms with E-state index in [1.165, 1.54) is 0 Å². The lowest BCUT2D eigenvalue weighted by molar-refractivity contribution is -0.147. The summed E-state index contributed by atoms with van der Waals surface area (Å²) in [6.07, 6.45) is -0.0873. The van der Waals surface area contributed by atoms with Crippen molar-refractivity contribution in [1.82, 2.24) is 5.32 Å². The average Bonchev–Trinajstić information content (AvgIpc) is 2.53. The van der Waals surface area contributed by atoms with Crippen molar-refractivity contribution in [3.63, 3.8) is 0 Å². The number of hydrogen-bond donors (Lipinski definition) is 2. The Kier molecular flexibility index (Phi) is 8.49. The number of nitrogens with one attached hydrogen (secondary N) is 1. The number of carboxylic acids is 1. The highest BCUT2D eigenvalue weighted by atomic mass is 16.5. The Morgan fingerprint density at radius 2 is 1.88 bits per heavy atom. The minimum Gasteiger partial charge on any atom is -0.480 e. The van der Waals surface area contributed by atoms with Crippen molar-refractivity contribution in [3.05, 3.63) is 35.9 Å². The summed E-state index contributed by atoms with van der Waals surface area (Å²) in [5.41, 5.74) is 0.913. The highest BCUT2D eigenvalue weighted by Gasteiger charge is 2.28. The molecule has 0 unspecified atom stereocenters. The van der Waals surface area contributed by atoms with Gasteiger partial charge in [0.05, 0.1) is 19.6 Å². The number of ether oxygens (including phenoxy) is 2. The number of carbonyl (C=O) groups is 3. The molecule has 1 aromatic rings. The van der Waals surface area contributed by atoms with Gasteiger partial charge in [-0.3, -0.25) is 9.59 Å². The number of benzene rings is 1. The van der Waals surface area contributed by atoms with Crippen LogP contribution in [0.25, 0.3) is 0 Å². The number of rotatable bonds is 10. The molecule has 0 bridgehead atoms. The second-order valence-electron chi connectivity index (χ2n) is 5.35. The van der Waals surface area contributed by atoms with Crippen molar-refractivity contribution in [2.24, 2.45) is 5.92 Å². The van der Waals surface area contributed by atoms with Crippen LogP contribution in [0.3, 0.4) is 0 Å². The van der Waals surface area contributed by atoms with Gasteiger partial charge in [0.1, 0.15) is 12.6 Å². The first-order valence-corrected chi connectivity index (χ1v) is 7.73. The van der Waals surface area contributed by atoms with Crippen molar-refractivity contribution >= 4 is 17.8 Å². The molecular weight excluding hydrogens is 314 g/mol. The van der Waals surface area contributed by atoms with Crippen molar-refractivity contribution in [2.45, 2.75) is 32.9 Å². The molecule has 0 radical (unpaired) electrons. The van der Waals surface area contributed by atoms with Gasteiger partial charge in [-0.2, -0.15) is 0 Å². The molecule has 7 heteroatoms. The van der Waals surface area contributed by atoms with Crippen LogP contribution in [-0.4, -0.2) is 42.2 Å². The molecule has 0 aliphatic rings. The number of carbonyl (C=O) groups excluding carboxylic acids is 2. The highest BCUT2D eigenvalue weighted by molar-refractivity contribution is 5.85. The molecule has 0 spiro atoms. The van der Waals surface area contributed by atoms with Gasteiger partial charge < -0.3 is 19.9 Å². The number of esters is 1. The van der Waals surface area contributed by atoms with Crippen LogP contribution in [0, 0.1) is 5.92 Å². The standard InChI is InChI=1S/C17H23NO6/c1-3-24-15(20)9-12(2)16(17(21)22)18-14(19)11-23-10-13-7-5-4-6-8-13/h4-8,12,16H,3,9-11H2,1-2H3,(H,18,19)(H,21,22)/t12-,16+/m0/s1. The normalized spacial score (nSPS) is 12.9. The molecule has 7 nitrogen and oxygen atoms in total. The first-order chi connectivity index (χ1) is 11.4. The van der Waals surface area contributed by atoms with Crippen molar-refractivity contribution in [2.75, 3.05) is 13.2 Å². The van der Waals surface area contributed by atoms with E-state index in [9.17, 15) is 19.5 Å². The van der Waals surface area contributed by atoms with Crippen LogP contribution in [0.5, 0.6) is 0 Å². The van der Waals surface area contributed by atoms with E-state index >= 15 is 0 Å². The van der Waals surface area contributed by atoms with Gasteiger partial charge >= 0.3 is 11.9 Å². The maximum absolute atomic E-state index is 11.8. The van der Waals surface area contributed by atoms with Crippen molar-refractivity contribution in [3.8, 4) is 0 Å². The first kappa shape index (κ1) is 19.6. The van der Waals surface area contributed by atoms with Crippen LogP contribution < -0.4 is 5.32 Å². The van der Waals surface area contributed by atoms with Gasteiger partial charge in [0, 0.05) is 0 Å². The Morgan fingerprint density at radius 1 is 1.21 bits per heavy atom. The van der Waals surface area contributed by atoms with Crippen LogP contribution >= 0.6 is 0 Å². The fraction of sp³-hybridized carbons (Fsp3) is 0.471. The van der Waals surface area contributed by atoms with E-state index in [4.69, 9.17) is 9.47 Å². The average molecular weight is 337 g/mol. The molecule has 0 aromatic heterocycles. The largest absolute Gasteiger partial charge is 0.480 e. The maximum Gasteiger partial charge on any atom is 0.326 e. The molecule has 1 amide bonds. The summed E-state index contributed by atoms with van der Waals surface area (Å²) in [7, 11) is 0. The Bertz CT molecular complexity index is 545. The zero-order valence-electron chi connectivity index (χ0n) is 13.9. The van der Waals surface area contributed by atoms with E-state index in [-0.39, 0.29) is 26.2 Å². The van der Waals surface area contributed by atoms with Gasteiger partial charge in [-0.25, -0.2) is 4.79 Å². The second-order valence-corrected chi connectivity index (χ2v) is 5.35. The molecule has 0 aliphatic heterocycles. The predicted octanol–water partition coefficient (Wildman–Crippen LogP) is 1.36. The lowest BCUT2D eigenvalue weighted by atomic mass is 9.98. The molecular formula is C17H23NO6. The van der Waals surface area contributed by atoms with Gasteiger partial charge in [0.15, 0.2) is 0 Å². The Labute approximate surface area is 141 Å². The summed E-state index contributed by atoms with van der Waals surface area (Å²) in [5, 5.41) is 11.6. The van der Waals surface area contributed by atoms with Crippen LogP contribution in [0.2, 0.25) is 0 Å². The topological polar surface area (TPSA) is 102 Å². The SMILES string of the molecule is CCOC(=O)C[C@H](C)[C@@H](NC(=O)COCc1ccccc1)C(=O)O. The van der Waals surface area contributed by atoms with Gasteiger partial charge in [-0.15, -0.1) is 0 Å². The molecule has 1 rings (SSSR count). The molecule has 24 heavy (non-hydrogen) atoms.